The van der Waals surface area contributed by atoms with Crippen molar-refractivity contribution in [3.05, 3.63) is 29.3 Å². The van der Waals surface area contributed by atoms with Crippen LogP contribution in [0.2, 0.25) is 0 Å². The number of rotatable bonds is 2. The van der Waals surface area contributed by atoms with Gasteiger partial charge in [-0.2, -0.15) is 0 Å². The van der Waals surface area contributed by atoms with Gasteiger partial charge in [-0.1, -0.05) is 12.1 Å². The standard InChI is InChI=1S/C15H19NO2/c1-10-4-5-11(2)12(6-10)16(3)13(17)14-7-15(18,8-14)9-14/h4-6,18H,7-9H2,1-3H3. The minimum Gasteiger partial charge on any atom is -0.390 e. The van der Waals surface area contributed by atoms with Crippen molar-refractivity contribution in [2.45, 2.75) is 38.7 Å². The number of carbonyl (C=O) groups excluding carboxylic acids is 1. The first kappa shape index (κ1) is 11.7. The van der Waals surface area contributed by atoms with Crippen molar-refractivity contribution >= 4 is 11.6 Å². The van der Waals surface area contributed by atoms with Gasteiger partial charge in [0.1, 0.15) is 0 Å². The Bertz CT molecular complexity index is 516. The molecule has 0 saturated heterocycles. The fourth-order valence-electron chi connectivity index (χ4n) is 3.51. The molecule has 96 valence electrons. The summed E-state index contributed by atoms with van der Waals surface area (Å²) in [6, 6.07) is 6.15. The molecule has 1 N–H and O–H groups in total. The monoisotopic (exact) mass is 245 g/mol. The fourth-order valence-corrected chi connectivity index (χ4v) is 3.51. The third kappa shape index (κ3) is 1.43. The van der Waals surface area contributed by atoms with Crippen molar-refractivity contribution in [2.24, 2.45) is 5.41 Å². The molecule has 3 saturated carbocycles. The summed E-state index contributed by atoms with van der Waals surface area (Å²) in [7, 11) is 1.84. The lowest BCUT2D eigenvalue weighted by atomic mass is 9.41. The third-order valence-corrected chi connectivity index (χ3v) is 4.49. The van der Waals surface area contributed by atoms with Gasteiger partial charge >= 0.3 is 0 Å². The normalized spacial score (nSPS) is 32.4. The molecule has 3 aliphatic rings. The summed E-state index contributed by atoms with van der Waals surface area (Å²) in [5, 5.41) is 9.77. The summed E-state index contributed by atoms with van der Waals surface area (Å²) < 4.78 is 0. The number of anilines is 1. The Hall–Kier alpha value is -1.35. The lowest BCUT2D eigenvalue weighted by molar-refractivity contribution is -0.248. The minimum absolute atomic E-state index is 0.159. The highest BCUT2D eigenvalue weighted by Gasteiger charge is 2.71. The van der Waals surface area contributed by atoms with Crippen molar-refractivity contribution in [1.82, 2.24) is 0 Å². The third-order valence-electron chi connectivity index (χ3n) is 4.49. The molecule has 4 rings (SSSR count). The van der Waals surface area contributed by atoms with Crippen LogP contribution in [0.25, 0.3) is 0 Å². The summed E-state index contributed by atoms with van der Waals surface area (Å²) in [4.78, 5) is 14.3. The Balaban J connectivity index is 1.84. The number of hydrogen-bond donors (Lipinski definition) is 1. The average Bonchev–Trinajstić information content (AvgIpc) is 2.25. The molecule has 0 aliphatic heterocycles. The van der Waals surface area contributed by atoms with Crippen molar-refractivity contribution in [3.63, 3.8) is 0 Å². The average molecular weight is 245 g/mol. The van der Waals surface area contributed by atoms with Gasteiger partial charge in [-0.15, -0.1) is 0 Å². The summed E-state index contributed by atoms with van der Waals surface area (Å²) in [5.41, 5.74) is 2.47. The van der Waals surface area contributed by atoms with E-state index in [9.17, 15) is 9.90 Å². The van der Waals surface area contributed by atoms with Crippen LogP contribution >= 0.6 is 0 Å². The van der Waals surface area contributed by atoms with E-state index >= 15 is 0 Å². The maximum atomic E-state index is 12.5. The molecule has 2 bridgehead atoms. The SMILES string of the molecule is Cc1ccc(C)c(N(C)C(=O)C23CC(O)(C2)C3)c1. The Morgan fingerprint density at radius 2 is 1.89 bits per heavy atom. The number of carbonyl (C=O) groups is 1. The maximum absolute atomic E-state index is 12.5. The highest BCUT2D eigenvalue weighted by atomic mass is 16.3. The highest BCUT2D eigenvalue weighted by Crippen LogP contribution is 2.67. The number of nitrogens with zero attached hydrogens (tertiary/aromatic N) is 1. The summed E-state index contributed by atoms with van der Waals surface area (Å²) in [6.07, 6.45) is 1.94. The van der Waals surface area contributed by atoms with Gasteiger partial charge < -0.3 is 10.0 Å². The number of aliphatic hydroxyl groups is 1. The van der Waals surface area contributed by atoms with E-state index in [4.69, 9.17) is 0 Å². The molecule has 0 heterocycles. The zero-order valence-electron chi connectivity index (χ0n) is 11.2. The second kappa shape index (κ2) is 3.35. The number of aryl methyl sites for hydroxylation is 2. The second-order valence-electron chi connectivity index (χ2n) is 6.19. The van der Waals surface area contributed by atoms with E-state index in [-0.39, 0.29) is 11.3 Å². The predicted octanol–water partition coefficient (Wildman–Crippen LogP) is 2.18. The Morgan fingerprint density at radius 1 is 1.28 bits per heavy atom. The molecule has 18 heavy (non-hydrogen) atoms. The molecule has 3 fully saturated rings. The van der Waals surface area contributed by atoms with Gasteiger partial charge in [-0.3, -0.25) is 4.79 Å². The van der Waals surface area contributed by atoms with E-state index < -0.39 is 5.60 Å². The Kier molecular flexibility index (Phi) is 2.18. The van der Waals surface area contributed by atoms with Crippen LogP contribution in [0.4, 0.5) is 5.69 Å². The van der Waals surface area contributed by atoms with E-state index in [1.165, 1.54) is 0 Å². The van der Waals surface area contributed by atoms with Crippen LogP contribution in [0.1, 0.15) is 30.4 Å². The van der Waals surface area contributed by atoms with Gasteiger partial charge in [-0.25, -0.2) is 0 Å². The first-order chi connectivity index (χ1) is 8.35. The molecule has 1 amide bonds. The van der Waals surface area contributed by atoms with Crippen LogP contribution in [-0.4, -0.2) is 23.7 Å². The number of hydrogen-bond acceptors (Lipinski definition) is 2. The predicted molar refractivity (Wildman–Crippen MR) is 70.6 cm³/mol. The van der Waals surface area contributed by atoms with Crippen molar-refractivity contribution in [3.8, 4) is 0 Å². The molecule has 3 aliphatic carbocycles. The van der Waals surface area contributed by atoms with Gasteiger partial charge in [-0.05, 0) is 50.3 Å². The molecular weight excluding hydrogens is 226 g/mol. The lowest BCUT2D eigenvalue weighted by Crippen LogP contribution is -2.72. The summed E-state index contributed by atoms with van der Waals surface area (Å²) >= 11 is 0. The van der Waals surface area contributed by atoms with Gasteiger partial charge in [0.15, 0.2) is 0 Å². The van der Waals surface area contributed by atoms with E-state index in [1.54, 1.807) is 4.90 Å². The molecule has 3 heteroatoms. The molecule has 3 nitrogen and oxygen atoms in total. The Morgan fingerprint density at radius 3 is 2.44 bits per heavy atom. The molecule has 0 aromatic heterocycles. The zero-order chi connectivity index (χ0) is 13.1. The highest BCUT2D eigenvalue weighted by molar-refractivity contribution is 6.00. The van der Waals surface area contributed by atoms with Gasteiger partial charge in [0.05, 0.1) is 11.0 Å². The minimum atomic E-state index is -0.516. The fraction of sp³-hybridized carbons (Fsp3) is 0.533. The van der Waals surface area contributed by atoms with Crippen molar-refractivity contribution in [2.75, 3.05) is 11.9 Å². The second-order valence-corrected chi connectivity index (χ2v) is 6.19. The molecule has 0 unspecified atom stereocenters. The van der Waals surface area contributed by atoms with E-state index in [2.05, 4.69) is 6.07 Å². The summed E-state index contributed by atoms with van der Waals surface area (Å²) in [6.45, 7) is 4.05. The molecule has 1 aromatic carbocycles. The van der Waals surface area contributed by atoms with Crippen LogP contribution in [0.3, 0.4) is 0 Å². The zero-order valence-corrected chi connectivity index (χ0v) is 11.2. The lowest BCUT2D eigenvalue weighted by Gasteiger charge is -2.66. The quantitative estimate of drug-likeness (QED) is 0.867. The van der Waals surface area contributed by atoms with Gasteiger partial charge in [0.2, 0.25) is 5.91 Å². The van der Waals surface area contributed by atoms with Crippen molar-refractivity contribution in [1.29, 1.82) is 0 Å². The van der Waals surface area contributed by atoms with Crippen molar-refractivity contribution < 1.29 is 9.90 Å². The van der Waals surface area contributed by atoms with Gasteiger partial charge in [0, 0.05) is 12.7 Å². The maximum Gasteiger partial charge on any atom is 0.233 e. The van der Waals surface area contributed by atoms with Crippen LogP contribution in [-0.2, 0) is 4.79 Å². The topological polar surface area (TPSA) is 40.5 Å². The van der Waals surface area contributed by atoms with E-state index in [0.29, 0.717) is 19.3 Å². The molecule has 1 aromatic rings. The molecular formula is C15H19NO2. The smallest absolute Gasteiger partial charge is 0.233 e. The molecule has 0 spiro atoms. The first-order valence-corrected chi connectivity index (χ1v) is 6.43. The first-order valence-electron chi connectivity index (χ1n) is 6.43. The molecule has 0 radical (unpaired) electrons. The van der Waals surface area contributed by atoms with Crippen LogP contribution in [0.15, 0.2) is 18.2 Å². The Labute approximate surface area is 107 Å². The van der Waals surface area contributed by atoms with Crippen LogP contribution < -0.4 is 4.90 Å². The largest absolute Gasteiger partial charge is 0.390 e. The number of benzene rings is 1. The summed E-state index contributed by atoms with van der Waals surface area (Å²) in [5.74, 6) is 0.159. The number of amides is 1. The van der Waals surface area contributed by atoms with E-state index in [1.807, 2.05) is 33.0 Å². The van der Waals surface area contributed by atoms with E-state index in [0.717, 1.165) is 16.8 Å². The van der Waals surface area contributed by atoms with Crippen LogP contribution in [0, 0.1) is 19.3 Å². The molecule has 0 atom stereocenters. The van der Waals surface area contributed by atoms with Crippen LogP contribution in [0.5, 0.6) is 0 Å². The van der Waals surface area contributed by atoms with Gasteiger partial charge in [0.25, 0.3) is 0 Å².